The highest BCUT2D eigenvalue weighted by atomic mass is 19.3. The maximum absolute atomic E-state index is 13.1. The van der Waals surface area contributed by atoms with Crippen molar-refractivity contribution >= 4 is 5.78 Å². The van der Waals surface area contributed by atoms with Crippen LogP contribution in [0.1, 0.15) is 10.4 Å². The Hall–Kier alpha value is -1.65. The first-order chi connectivity index (χ1) is 7.33. The minimum Gasteiger partial charge on any atom is -0.287 e. The third-order valence-corrected chi connectivity index (χ3v) is 2.00. The van der Waals surface area contributed by atoms with E-state index in [0.717, 1.165) is 12.1 Å². The second-order valence-electron chi connectivity index (χ2n) is 3.10. The zero-order valence-electron chi connectivity index (χ0n) is 8.09. The van der Waals surface area contributed by atoms with Crippen molar-refractivity contribution in [2.45, 2.75) is 11.8 Å². The third kappa shape index (κ3) is 1.98. The summed E-state index contributed by atoms with van der Waals surface area (Å²) in [5.41, 5.74) is -0.464. The van der Waals surface area contributed by atoms with Gasteiger partial charge >= 0.3 is 11.8 Å². The summed E-state index contributed by atoms with van der Waals surface area (Å²) in [7, 11) is 0. The van der Waals surface area contributed by atoms with Gasteiger partial charge < -0.3 is 0 Å². The van der Waals surface area contributed by atoms with Crippen molar-refractivity contribution in [1.82, 2.24) is 0 Å². The molecular weight excluding hydrogens is 224 g/mol. The molecule has 1 nitrogen and oxygen atoms in total. The van der Waals surface area contributed by atoms with Gasteiger partial charge in [-0.05, 0) is 6.08 Å². The number of allylic oxidation sites excluding steroid dienone is 1. The van der Waals surface area contributed by atoms with Crippen LogP contribution in [0.2, 0.25) is 0 Å². The van der Waals surface area contributed by atoms with E-state index in [4.69, 9.17) is 0 Å². The number of carbonyl (C=O) groups is 1. The maximum atomic E-state index is 13.1. The van der Waals surface area contributed by atoms with Crippen molar-refractivity contribution < 1.29 is 22.4 Å². The number of carbonyl (C=O) groups excluding carboxylic acids is 1. The van der Waals surface area contributed by atoms with Crippen LogP contribution in [0.5, 0.6) is 0 Å². The van der Waals surface area contributed by atoms with E-state index in [1.807, 2.05) is 0 Å². The quantitative estimate of drug-likeness (QED) is 0.442. The van der Waals surface area contributed by atoms with Crippen LogP contribution in [-0.2, 0) is 0 Å². The summed E-state index contributed by atoms with van der Waals surface area (Å²) >= 11 is 0. The summed E-state index contributed by atoms with van der Waals surface area (Å²) in [6, 6.07) is 6.22. The number of Topliss-reactive ketones (excluding diaryl/α,β-unsaturated/α-hetero) is 1. The van der Waals surface area contributed by atoms with Crippen LogP contribution in [0.4, 0.5) is 17.6 Å². The second-order valence-corrected chi connectivity index (χ2v) is 3.10. The van der Waals surface area contributed by atoms with Crippen LogP contribution >= 0.6 is 0 Å². The first kappa shape index (κ1) is 12.4. The Kier molecular flexibility index (Phi) is 3.16. The molecule has 1 rings (SSSR count). The molecule has 0 fully saturated rings. The first-order valence-electron chi connectivity index (χ1n) is 4.32. The highest BCUT2D eigenvalue weighted by Crippen LogP contribution is 2.37. The first-order valence-corrected chi connectivity index (χ1v) is 4.32. The van der Waals surface area contributed by atoms with E-state index >= 15 is 0 Å². The normalized spacial score (nSPS) is 12.2. The molecule has 0 saturated heterocycles. The molecule has 16 heavy (non-hydrogen) atoms. The van der Waals surface area contributed by atoms with E-state index < -0.39 is 23.2 Å². The van der Waals surface area contributed by atoms with Gasteiger partial charge in [0.15, 0.2) is 0 Å². The lowest BCUT2D eigenvalue weighted by atomic mass is 10.0. The van der Waals surface area contributed by atoms with Crippen molar-refractivity contribution in [1.29, 1.82) is 0 Å². The van der Waals surface area contributed by atoms with E-state index in [1.54, 1.807) is 0 Å². The fourth-order valence-corrected chi connectivity index (χ4v) is 1.05. The van der Waals surface area contributed by atoms with E-state index in [1.165, 1.54) is 18.2 Å². The summed E-state index contributed by atoms with van der Waals surface area (Å²) < 4.78 is 51.8. The fourth-order valence-electron chi connectivity index (χ4n) is 1.05. The van der Waals surface area contributed by atoms with Crippen LogP contribution in [0.25, 0.3) is 0 Å². The van der Waals surface area contributed by atoms with Gasteiger partial charge in [0, 0.05) is 5.56 Å². The molecule has 0 unspecified atom stereocenters. The van der Waals surface area contributed by atoms with E-state index in [2.05, 4.69) is 6.58 Å². The van der Waals surface area contributed by atoms with E-state index in [0.29, 0.717) is 0 Å². The standard InChI is InChI=1S/C11H8F4O/c1-2-10(12,13)11(14,15)9(16)8-6-4-3-5-7-8/h2-7H,1H2. The number of hydrogen-bond donors (Lipinski definition) is 0. The average molecular weight is 232 g/mol. The van der Waals surface area contributed by atoms with Crippen molar-refractivity contribution in [3.8, 4) is 0 Å². The van der Waals surface area contributed by atoms with Gasteiger partial charge in [0.25, 0.3) is 0 Å². The zero-order valence-corrected chi connectivity index (χ0v) is 8.09. The monoisotopic (exact) mass is 232 g/mol. The largest absolute Gasteiger partial charge is 0.375 e. The third-order valence-electron chi connectivity index (χ3n) is 2.00. The Bertz CT molecular complexity index is 398. The molecule has 0 aliphatic carbocycles. The number of benzene rings is 1. The number of rotatable bonds is 4. The van der Waals surface area contributed by atoms with Gasteiger partial charge in [-0.1, -0.05) is 36.9 Å². The minimum absolute atomic E-state index is 0.228. The number of halogens is 4. The average Bonchev–Trinajstić information content (AvgIpc) is 2.29. The Labute approximate surface area is 89.4 Å². The molecule has 0 aliphatic rings. The van der Waals surface area contributed by atoms with Gasteiger partial charge in [-0.3, -0.25) is 4.79 Å². The summed E-state index contributed by atoms with van der Waals surface area (Å²) in [6.45, 7) is 2.59. The molecule has 0 aliphatic heterocycles. The molecule has 0 atom stereocenters. The Balaban J connectivity index is 3.11. The van der Waals surface area contributed by atoms with Crippen molar-refractivity contribution in [2.75, 3.05) is 0 Å². The molecule has 1 aromatic rings. The van der Waals surface area contributed by atoms with Gasteiger partial charge in [0.05, 0.1) is 0 Å². The fraction of sp³-hybridized carbons (Fsp3) is 0.182. The van der Waals surface area contributed by atoms with Crippen LogP contribution in [0.3, 0.4) is 0 Å². The minimum atomic E-state index is -4.78. The number of ketones is 1. The van der Waals surface area contributed by atoms with E-state index in [9.17, 15) is 22.4 Å². The molecule has 0 spiro atoms. The summed E-state index contributed by atoms with van der Waals surface area (Å²) in [5.74, 6) is -11.3. The van der Waals surface area contributed by atoms with Crippen LogP contribution < -0.4 is 0 Å². The molecule has 1 aromatic carbocycles. The Morgan fingerprint density at radius 2 is 1.62 bits per heavy atom. The van der Waals surface area contributed by atoms with Crippen molar-refractivity contribution in [3.63, 3.8) is 0 Å². The molecule has 0 N–H and O–H groups in total. The lowest BCUT2D eigenvalue weighted by molar-refractivity contribution is -0.146. The molecule has 0 heterocycles. The molecule has 0 aromatic heterocycles. The SMILES string of the molecule is C=CC(F)(F)C(F)(F)C(=O)c1ccccc1. The van der Waals surface area contributed by atoms with Crippen LogP contribution in [-0.4, -0.2) is 17.6 Å². The number of hydrogen-bond acceptors (Lipinski definition) is 1. The van der Waals surface area contributed by atoms with Crippen molar-refractivity contribution in [3.05, 3.63) is 48.6 Å². The smallest absolute Gasteiger partial charge is 0.287 e. The van der Waals surface area contributed by atoms with Gasteiger partial charge in [0.1, 0.15) is 0 Å². The van der Waals surface area contributed by atoms with Gasteiger partial charge in [-0.15, -0.1) is 0 Å². The lowest BCUT2D eigenvalue weighted by Gasteiger charge is -2.22. The van der Waals surface area contributed by atoms with Gasteiger partial charge in [-0.25, -0.2) is 0 Å². The molecule has 5 heteroatoms. The lowest BCUT2D eigenvalue weighted by Crippen LogP contribution is -2.45. The molecule has 0 amide bonds. The Morgan fingerprint density at radius 1 is 1.12 bits per heavy atom. The highest BCUT2D eigenvalue weighted by molar-refractivity contribution is 6.02. The Morgan fingerprint density at radius 3 is 2.06 bits per heavy atom. The highest BCUT2D eigenvalue weighted by Gasteiger charge is 2.59. The van der Waals surface area contributed by atoms with Crippen LogP contribution in [0.15, 0.2) is 43.0 Å². The van der Waals surface area contributed by atoms with E-state index in [-0.39, 0.29) is 6.08 Å². The predicted molar refractivity (Wildman–Crippen MR) is 50.9 cm³/mol. The molecular formula is C11H8F4O. The maximum Gasteiger partial charge on any atom is 0.375 e. The molecule has 86 valence electrons. The van der Waals surface area contributed by atoms with Gasteiger partial charge in [0.2, 0.25) is 5.78 Å². The number of alkyl halides is 4. The van der Waals surface area contributed by atoms with Crippen LogP contribution in [0, 0.1) is 0 Å². The summed E-state index contributed by atoms with van der Waals surface area (Å²) in [5, 5.41) is 0. The van der Waals surface area contributed by atoms with Gasteiger partial charge in [-0.2, -0.15) is 17.6 Å². The zero-order chi connectivity index (χ0) is 12.4. The molecule has 0 radical (unpaired) electrons. The summed E-state index contributed by atoms with van der Waals surface area (Å²) in [4.78, 5) is 11.2. The molecule has 0 saturated carbocycles. The predicted octanol–water partition coefficient (Wildman–Crippen LogP) is 3.33. The second kappa shape index (κ2) is 4.08. The summed E-state index contributed by atoms with van der Waals surface area (Å²) in [6.07, 6.45) is -0.228. The van der Waals surface area contributed by atoms with Crippen molar-refractivity contribution in [2.24, 2.45) is 0 Å². The topological polar surface area (TPSA) is 17.1 Å². The molecule has 0 bridgehead atoms.